The van der Waals surface area contributed by atoms with Gasteiger partial charge in [-0.15, -0.1) is 0 Å². The van der Waals surface area contributed by atoms with Crippen molar-refractivity contribution in [2.45, 2.75) is 83.8 Å². The van der Waals surface area contributed by atoms with Crippen LogP contribution in [0.3, 0.4) is 0 Å². The fourth-order valence-electron chi connectivity index (χ4n) is 4.77. The summed E-state index contributed by atoms with van der Waals surface area (Å²) < 4.78 is 32.5. The van der Waals surface area contributed by atoms with E-state index in [2.05, 4.69) is 5.32 Å². The highest BCUT2D eigenvalue weighted by atomic mass is 16.7. The van der Waals surface area contributed by atoms with Gasteiger partial charge < -0.3 is 38.8 Å². The van der Waals surface area contributed by atoms with Crippen molar-refractivity contribution in [3.8, 4) is 5.75 Å². The fraction of sp³-hybridized carbons (Fsp3) is 0.500. The van der Waals surface area contributed by atoms with E-state index in [0.717, 1.165) is 32.8 Å². The molecule has 3 amide bonds. The van der Waals surface area contributed by atoms with Gasteiger partial charge in [0.15, 0.2) is 18.3 Å². The summed E-state index contributed by atoms with van der Waals surface area (Å²) in [5, 5.41) is 12.4. The first-order valence-electron chi connectivity index (χ1n) is 14.3. The van der Waals surface area contributed by atoms with Gasteiger partial charge in [0.1, 0.15) is 5.75 Å². The Hall–Kier alpha value is -4.83. The lowest BCUT2D eigenvalue weighted by Crippen LogP contribution is -2.64. The molecule has 5 atom stereocenters. The number of unbranched alkanes of at least 4 members (excludes halogenated alkanes) is 2. The Morgan fingerprint density at radius 3 is 2.07 bits per heavy atom. The minimum absolute atomic E-state index is 0.0395. The number of nitrogens with one attached hydrogen (secondary N) is 1. The van der Waals surface area contributed by atoms with Gasteiger partial charge in [0.05, 0.1) is 19.4 Å². The predicted molar refractivity (Wildman–Crippen MR) is 153 cm³/mol. The van der Waals surface area contributed by atoms with Crippen molar-refractivity contribution in [2.24, 2.45) is 0 Å². The Balaban J connectivity index is 1.81. The second-order valence-electron chi connectivity index (χ2n) is 10.3. The Labute approximate surface area is 263 Å². The van der Waals surface area contributed by atoms with Crippen LogP contribution in [0, 0.1) is 0 Å². The van der Waals surface area contributed by atoms with Crippen molar-refractivity contribution in [3.63, 3.8) is 0 Å². The van der Waals surface area contributed by atoms with Crippen molar-refractivity contribution >= 4 is 47.3 Å². The minimum atomic E-state index is -1.69. The quantitative estimate of drug-likeness (QED) is 0.123. The van der Waals surface area contributed by atoms with E-state index < -0.39 is 60.5 Å². The zero-order valence-electron chi connectivity index (χ0n) is 25.7. The Morgan fingerprint density at radius 1 is 0.870 bits per heavy atom. The number of methoxy groups -OCH3 is 1. The average Bonchev–Trinajstić information content (AvgIpc) is 3.31. The highest BCUT2D eigenvalue weighted by Gasteiger charge is 2.56. The molecule has 250 valence electrons. The molecule has 2 heterocycles. The summed E-state index contributed by atoms with van der Waals surface area (Å²) in [6, 6.07) is 4.30. The largest absolute Gasteiger partial charge is 0.467 e. The van der Waals surface area contributed by atoms with Crippen molar-refractivity contribution in [2.75, 3.05) is 19.0 Å². The smallest absolute Gasteiger partial charge is 0.339 e. The Kier molecular flexibility index (Phi) is 12.8. The number of aliphatic hydroxyl groups excluding tert-OH is 1. The van der Waals surface area contributed by atoms with Gasteiger partial charge in [-0.2, -0.15) is 0 Å². The molecule has 1 aromatic rings. The molecule has 3 rings (SSSR count). The number of esters is 4. The van der Waals surface area contributed by atoms with Crippen LogP contribution < -0.4 is 10.1 Å². The van der Waals surface area contributed by atoms with Crippen LogP contribution in [0.25, 0.3) is 0 Å². The maximum Gasteiger partial charge on any atom is 0.339 e. The monoisotopic (exact) mass is 648 g/mol. The Bertz CT molecular complexity index is 1360. The molecule has 46 heavy (non-hydrogen) atoms. The first-order chi connectivity index (χ1) is 21.8. The number of hydrogen-bond acceptors (Lipinski definition) is 14. The van der Waals surface area contributed by atoms with Gasteiger partial charge >= 0.3 is 23.9 Å². The molecule has 2 N–H and O–H groups in total. The summed E-state index contributed by atoms with van der Waals surface area (Å²) in [5.74, 6) is -4.82. The van der Waals surface area contributed by atoms with Gasteiger partial charge in [0.25, 0.3) is 11.8 Å². The van der Waals surface area contributed by atoms with Crippen LogP contribution in [0.2, 0.25) is 0 Å². The summed E-state index contributed by atoms with van der Waals surface area (Å²) >= 11 is 0. The molecule has 0 saturated carbocycles. The van der Waals surface area contributed by atoms with Crippen molar-refractivity contribution in [1.82, 2.24) is 4.90 Å². The molecule has 2 aliphatic rings. The summed E-state index contributed by atoms with van der Waals surface area (Å²) in [6.07, 6.45) is -4.17. The molecular weight excluding hydrogens is 612 g/mol. The number of carbonyl (C=O) groups is 7. The van der Waals surface area contributed by atoms with Gasteiger partial charge in [0, 0.05) is 45.9 Å². The summed E-state index contributed by atoms with van der Waals surface area (Å²) in [4.78, 5) is 86.1. The molecule has 0 radical (unpaired) electrons. The topological polar surface area (TPSA) is 210 Å². The molecule has 2 aliphatic heterocycles. The molecule has 0 aliphatic carbocycles. The summed E-state index contributed by atoms with van der Waals surface area (Å²) in [7, 11) is 1.05. The number of ether oxygens (including phenoxy) is 6. The van der Waals surface area contributed by atoms with Crippen LogP contribution in [0.15, 0.2) is 30.4 Å². The molecule has 0 aromatic heterocycles. The second kappa shape index (κ2) is 16.5. The van der Waals surface area contributed by atoms with Gasteiger partial charge in [-0.3, -0.25) is 33.7 Å². The number of benzene rings is 1. The zero-order valence-corrected chi connectivity index (χ0v) is 25.7. The fourth-order valence-corrected chi connectivity index (χ4v) is 4.77. The first kappa shape index (κ1) is 35.6. The van der Waals surface area contributed by atoms with Gasteiger partial charge in [0.2, 0.25) is 18.3 Å². The number of nitrogens with zero attached hydrogens (tertiary/aromatic N) is 1. The van der Waals surface area contributed by atoms with Crippen LogP contribution in [0.5, 0.6) is 5.75 Å². The molecule has 0 unspecified atom stereocenters. The Morgan fingerprint density at radius 2 is 1.48 bits per heavy atom. The molecule has 1 saturated heterocycles. The lowest BCUT2D eigenvalue weighted by Gasteiger charge is -2.43. The van der Waals surface area contributed by atoms with E-state index in [1.54, 1.807) is 0 Å². The SMILES string of the molecule is COC(=O)[C@H]1O[C@@H](Oc2ccc(CO)cc2NC(=O)CCCCCN2C(=O)C=CC2=O)[C@H](OC(C)=O)[C@@H](OC(C)=O)[C@@H]1OC(C)=O. The van der Waals surface area contributed by atoms with E-state index in [1.807, 2.05) is 0 Å². The minimum Gasteiger partial charge on any atom is -0.467 e. The summed E-state index contributed by atoms with van der Waals surface area (Å²) in [6.45, 7) is 3.01. The number of imide groups is 1. The van der Waals surface area contributed by atoms with Crippen molar-refractivity contribution in [1.29, 1.82) is 0 Å². The van der Waals surface area contributed by atoms with Gasteiger partial charge in [-0.05, 0) is 30.5 Å². The van der Waals surface area contributed by atoms with Crippen LogP contribution in [-0.2, 0) is 63.9 Å². The third-order valence-electron chi connectivity index (χ3n) is 6.76. The standard InChI is InChI=1S/C30H36N2O14/c1-16(34)42-25-26(43-17(2)35)28(44-18(3)36)30(46-27(25)29(40)41-4)45-21-10-9-19(15-33)14-20(21)31-22(37)8-6-5-7-13-32-23(38)11-12-24(32)39/h9-12,14,25-28,30,33H,5-8,13,15H2,1-4H3,(H,31,37)/t25-,26-,27-,28+,30+/m0/s1. The van der Waals surface area contributed by atoms with Crippen LogP contribution in [0.1, 0.15) is 52.0 Å². The van der Waals surface area contributed by atoms with Crippen LogP contribution in [0.4, 0.5) is 5.69 Å². The zero-order chi connectivity index (χ0) is 34.0. The van der Waals surface area contributed by atoms with E-state index in [4.69, 9.17) is 28.4 Å². The molecule has 16 heteroatoms. The maximum absolute atomic E-state index is 12.9. The molecule has 0 spiro atoms. The van der Waals surface area contributed by atoms with E-state index in [-0.39, 0.29) is 42.8 Å². The third-order valence-corrected chi connectivity index (χ3v) is 6.76. The number of carbonyl (C=O) groups excluding carboxylic acids is 7. The van der Waals surface area contributed by atoms with Crippen LogP contribution >= 0.6 is 0 Å². The van der Waals surface area contributed by atoms with Crippen molar-refractivity contribution in [3.05, 3.63) is 35.9 Å². The van der Waals surface area contributed by atoms with E-state index in [1.165, 1.54) is 30.4 Å². The lowest BCUT2D eigenvalue weighted by atomic mass is 9.97. The number of anilines is 1. The number of hydrogen-bond donors (Lipinski definition) is 2. The van der Waals surface area contributed by atoms with E-state index >= 15 is 0 Å². The first-order valence-corrected chi connectivity index (χ1v) is 14.3. The van der Waals surface area contributed by atoms with E-state index in [0.29, 0.717) is 24.8 Å². The van der Waals surface area contributed by atoms with Crippen molar-refractivity contribution < 1.29 is 67.1 Å². The number of rotatable bonds is 14. The highest BCUT2D eigenvalue weighted by Crippen LogP contribution is 2.34. The summed E-state index contributed by atoms with van der Waals surface area (Å²) in [5.41, 5.74) is 0.485. The normalized spacial score (nSPS) is 22.2. The molecular formula is C30H36N2O14. The maximum atomic E-state index is 12.9. The van der Waals surface area contributed by atoms with Gasteiger partial charge in [-0.1, -0.05) is 12.5 Å². The van der Waals surface area contributed by atoms with E-state index in [9.17, 15) is 38.7 Å². The predicted octanol–water partition coefficient (Wildman–Crippen LogP) is 0.675. The lowest BCUT2D eigenvalue weighted by molar-refractivity contribution is -0.282. The molecule has 16 nitrogen and oxygen atoms in total. The van der Waals surface area contributed by atoms with Crippen LogP contribution in [-0.4, -0.2) is 96.0 Å². The van der Waals surface area contributed by atoms with Gasteiger partial charge in [-0.25, -0.2) is 4.79 Å². The average molecular weight is 649 g/mol. The highest BCUT2D eigenvalue weighted by molar-refractivity contribution is 6.12. The molecule has 1 fully saturated rings. The molecule has 1 aromatic carbocycles. The number of aliphatic hydroxyl groups is 1. The molecule has 0 bridgehead atoms. The number of amides is 3. The second-order valence-corrected chi connectivity index (χ2v) is 10.3. The third kappa shape index (κ3) is 9.58.